The first-order valence-electron chi connectivity index (χ1n) is 4.43. The number of halogens is 1. The van der Waals surface area contributed by atoms with Crippen molar-refractivity contribution in [3.63, 3.8) is 0 Å². The van der Waals surface area contributed by atoms with Crippen LogP contribution in [0.4, 0.5) is 0 Å². The van der Waals surface area contributed by atoms with Gasteiger partial charge in [-0.05, 0) is 25.7 Å². The zero-order chi connectivity index (χ0) is 8.86. The molecule has 1 atom stereocenters. The fourth-order valence-electron chi connectivity index (χ4n) is 1.64. The van der Waals surface area contributed by atoms with Crippen molar-refractivity contribution in [3.05, 3.63) is 0 Å². The quantitative estimate of drug-likeness (QED) is 0.501. The van der Waals surface area contributed by atoms with E-state index in [1.807, 2.05) is 0 Å². The fraction of sp³-hybridized carbons (Fsp3) is 0.889. The highest BCUT2D eigenvalue weighted by Crippen LogP contribution is 2.31. The van der Waals surface area contributed by atoms with E-state index in [0.29, 0.717) is 12.5 Å². The number of carbonyl (C=O) groups is 1. The van der Waals surface area contributed by atoms with Gasteiger partial charge in [-0.3, -0.25) is 0 Å². The Kier molecular flexibility index (Phi) is 4.02. The first-order valence-corrected chi connectivity index (χ1v) is 4.96. The van der Waals surface area contributed by atoms with Gasteiger partial charge in [0, 0.05) is 17.9 Å². The molecule has 0 aromatic rings. The molecule has 1 aliphatic rings. The predicted octanol–water partition coefficient (Wildman–Crippen LogP) is 2.00. The summed E-state index contributed by atoms with van der Waals surface area (Å²) in [6.07, 6.45) is 4.80. The average Bonchev–Trinajstić information content (AvgIpc) is 2.16. The Morgan fingerprint density at radius 3 is 2.92 bits per heavy atom. The highest BCUT2D eigenvalue weighted by molar-refractivity contribution is 6.17. The number of aldehydes is 1. The Morgan fingerprint density at radius 1 is 1.58 bits per heavy atom. The molecule has 1 rings (SSSR count). The standard InChI is InChI=1S/C9H15ClO2/c10-5-1-3-9(7-11)4-2-6-12-8-9/h7H,1-6,8H2. The molecule has 1 aliphatic heterocycles. The molecule has 0 aliphatic carbocycles. The molecule has 0 aromatic heterocycles. The van der Waals surface area contributed by atoms with Crippen LogP contribution in [0.1, 0.15) is 25.7 Å². The summed E-state index contributed by atoms with van der Waals surface area (Å²) >= 11 is 5.58. The van der Waals surface area contributed by atoms with Crippen molar-refractivity contribution >= 4 is 17.9 Å². The highest BCUT2D eigenvalue weighted by atomic mass is 35.5. The summed E-state index contributed by atoms with van der Waals surface area (Å²) in [7, 11) is 0. The number of carbonyl (C=O) groups excluding carboxylic acids is 1. The molecule has 0 N–H and O–H groups in total. The lowest BCUT2D eigenvalue weighted by Gasteiger charge is -2.31. The summed E-state index contributed by atoms with van der Waals surface area (Å²) in [5.41, 5.74) is -0.215. The Morgan fingerprint density at radius 2 is 2.42 bits per heavy atom. The molecule has 1 unspecified atom stereocenters. The van der Waals surface area contributed by atoms with Crippen molar-refractivity contribution in [3.8, 4) is 0 Å². The van der Waals surface area contributed by atoms with E-state index in [4.69, 9.17) is 16.3 Å². The minimum atomic E-state index is -0.215. The van der Waals surface area contributed by atoms with Crippen molar-refractivity contribution in [1.29, 1.82) is 0 Å². The Labute approximate surface area is 78.2 Å². The number of rotatable bonds is 4. The van der Waals surface area contributed by atoms with E-state index in [1.54, 1.807) is 0 Å². The lowest BCUT2D eigenvalue weighted by atomic mass is 9.80. The predicted molar refractivity (Wildman–Crippen MR) is 48.5 cm³/mol. The Bertz CT molecular complexity index is 141. The molecular weight excluding hydrogens is 176 g/mol. The van der Waals surface area contributed by atoms with E-state index in [-0.39, 0.29) is 5.41 Å². The summed E-state index contributed by atoms with van der Waals surface area (Å²) in [5.74, 6) is 0.635. The number of ether oxygens (including phenoxy) is 1. The Hall–Kier alpha value is -0.0800. The summed E-state index contributed by atoms with van der Waals surface area (Å²) in [4.78, 5) is 10.9. The van der Waals surface area contributed by atoms with Crippen LogP contribution in [-0.2, 0) is 9.53 Å². The second-order valence-electron chi connectivity index (χ2n) is 3.43. The van der Waals surface area contributed by atoms with Gasteiger partial charge in [0.2, 0.25) is 0 Å². The third-order valence-electron chi connectivity index (χ3n) is 2.41. The van der Waals surface area contributed by atoms with Crippen molar-refractivity contribution in [2.75, 3.05) is 19.1 Å². The van der Waals surface area contributed by atoms with E-state index in [1.165, 1.54) is 0 Å². The van der Waals surface area contributed by atoms with E-state index < -0.39 is 0 Å². The maximum atomic E-state index is 10.9. The average molecular weight is 191 g/mol. The summed E-state index contributed by atoms with van der Waals surface area (Å²) in [6.45, 7) is 1.39. The van der Waals surface area contributed by atoms with Crippen LogP contribution in [0.2, 0.25) is 0 Å². The molecule has 0 spiro atoms. The van der Waals surface area contributed by atoms with Crippen LogP contribution in [0.25, 0.3) is 0 Å². The van der Waals surface area contributed by atoms with Gasteiger partial charge in [0.05, 0.1) is 6.61 Å². The molecule has 0 bridgehead atoms. The van der Waals surface area contributed by atoms with Gasteiger partial charge >= 0.3 is 0 Å². The van der Waals surface area contributed by atoms with Crippen LogP contribution < -0.4 is 0 Å². The third kappa shape index (κ3) is 2.46. The SMILES string of the molecule is O=CC1(CCCCl)CCCOC1. The number of hydrogen-bond donors (Lipinski definition) is 0. The van der Waals surface area contributed by atoms with Crippen LogP contribution in [0.3, 0.4) is 0 Å². The van der Waals surface area contributed by atoms with Gasteiger partial charge in [-0.15, -0.1) is 11.6 Å². The van der Waals surface area contributed by atoms with Gasteiger partial charge in [0.25, 0.3) is 0 Å². The largest absolute Gasteiger partial charge is 0.380 e. The van der Waals surface area contributed by atoms with E-state index in [9.17, 15) is 4.79 Å². The topological polar surface area (TPSA) is 26.3 Å². The van der Waals surface area contributed by atoms with Crippen LogP contribution in [0, 0.1) is 5.41 Å². The number of hydrogen-bond acceptors (Lipinski definition) is 2. The first kappa shape index (κ1) is 10.0. The third-order valence-corrected chi connectivity index (χ3v) is 2.68. The van der Waals surface area contributed by atoms with Gasteiger partial charge in [0.1, 0.15) is 6.29 Å². The molecule has 0 aromatic carbocycles. The van der Waals surface area contributed by atoms with Gasteiger partial charge in [-0.2, -0.15) is 0 Å². The van der Waals surface area contributed by atoms with Crippen LogP contribution in [-0.4, -0.2) is 25.4 Å². The molecule has 1 saturated heterocycles. The molecule has 12 heavy (non-hydrogen) atoms. The van der Waals surface area contributed by atoms with Gasteiger partial charge in [-0.1, -0.05) is 0 Å². The molecule has 0 saturated carbocycles. The van der Waals surface area contributed by atoms with Crippen LogP contribution >= 0.6 is 11.6 Å². The second kappa shape index (κ2) is 4.83. The minimum Gasteiger partial charge on any atom is -0.380 e. The van der Waals surface area contributed by atoms with Crippen molar-refractivity contribution < 1.29 is 9.53 Å². The molecule has 1 fully saturated rings. The smallest absolute Gasteiger partial charge is 0.128 e. The van der Waals surface area contributed by atoms with Gasteiger partial charge < -0.3 is 9.53 Å². The zero-order valence-corrected chi connectivity index (χ0v) is 7.98. The summed E-state index contributed by atoms with van der Waals surface area (Å²) in [6, 6.07) is 0. The van der Waals surface area contributed by atoms with Gasteiger partial charge in [0.15, 0.2) is 0 Å². The molecule has 70 valence electrons. The zero-order valence-electron chi connectivity index (χ0n) is 7.22. The lowest BCUT2D eigenvalue weighted by Crippen LogP contribution is -2.33. The number of alkyl halides is 1. The lowest BCUT2D eigenvalue weighted by molar-refractivity contribution is -0.124. The Balaban J connectivity index is 2.42. The maximum absolute atomic E-state index is 10.9. The molecule has 0 amide bonds. The van der Waals surface area contributed by atoms with Crippen molar-refractivity contribution in [2.24, 2.45) is 5.41 Å². The second-order valence-corrected chi connectivity index (χ2v) is 3.81. The molecule has 0 radical (unpaired) electrons. The van der Waals surface area contributed by atoms with E-state index in [2.05, 4.69) is 0 Å². The summed E-state index contributed by atoms with van der Waals surface area (Å²) < 4.78 is 5.30. The molecule has 1 heterocycles. The van der Waals surface area contributed by atoms with E-state index in [0.717, 1.165) is 38.6 Å². The maximum Gasteiger partial charge on any atom is 0.128 e. The monoisotopic (exact) mass is 190 g/mol. The molecule has 3 heteroatoms. The van der Waals surface area contributed by atoms with Crippen LogP contribution in [0.5, 0.6) is 0 Å². The van der Waals surface area contributed by atoms with Crippen molar-refractivity contribution in [1.82, 2.24) is 0 Å². The van der Waals surface area contributed by atoms with Crippen molar-refractivity contribution in [2.45, 2.75) is 25.7 Å². The minimum absolute atomic E-state index is 0.215. The van der Waals surface area contributed by atoms with Crippen LogP contribution in [0.15, 0.2) is 0 Å². The first-order chi connectivity index (χ1) is 5.83. The highest BCUT2D eigenvalue weighted by Gasteiger charge is 2.31. The fourth-order valence-corrected chi connectivity index (χ4v) is 1.78. The summed E-state index contributed by atoms with van der Waals surface area (Å²) in [5, 5.41) is 0. The normalized spacial score (nSPS) is 30.1. The van der Waals surface area contributed by atoms with Gasteiger partial charge in [-0.25, -0.2) is 0 Å². The molecule has 2 nitrogen and oxygen atoms in total. The molecular formula is C9H15ClO2. The van der Waals surface area contributed by atoms with E-state index >= 15 is 0 Å².